The summed E-state index contributed by atoms with van der Waals surface area (Å²) in [6.07, 6.45) is 0.951. The fourth-order valence-corrected chi connectivity index (χ4v) is 2.86. The Balaban J connectivity index is 1.94. The van der Waals surface area contributed by atoms with Crippen molar-refractivity contribution in [2.24, 2.45) is 0 Å². The Hall–Kier alpha value is -1.88. The highest BCUT2D eigenvalue weighted by Gasteiger charge is 2.11. The standard InChI is InChI=1S/C17H22N2O2S/c1-4-9-19(14(3)20)10-15-12-22-17(18-15)11-21-16-8-6-5-7-13(16)2/h5-8,12H,4,9-11H2,1-3H3. The maximum atomic E-state index is 11.6. The van der Waals surface area contributed by atoms with Crippen molar-refractivity contribution in [2.45, 2.75) is 40.3 Å². The maximum absolute atomic E-state index is 11.6. The molecule has 0 N–H and O–H groups in total. The molecule has 0 saturated heterocycles. The second-order valence-corrected chi connectivity index (χ2v) is 6.17. The lowest BCUT2D eigenvalue weighted by molar-refractivity contribution is -0.129. The predicted octanol–water partition coefficient (Wildman–Crippen LogP) is 3.79. The molecule has 0 saturated carbocycles. The Morgan fingerprint density at radius 2 is 2.14 bits per heavy atom. The SMILES string of the molecule is CCCN(Cc1csc(COc2ccccc2C)n1)C(C)=O. The number of para-hydroxylation sites is 1. The minimum Gasteiger partial charge on any atom is -0.486 e. The van der Waals surface area contributed by atoms with Gasteiger partial charge in [0.1, 0.15) is 17.4 Å². The second kappa shape index (κ2) is 7.94. The van der Waals surface area contributed by atoms with E-state index in [2.05, 4.69) is 11.9 Å². The van der Waals surface area contributed by atoms with Crippen LogP contribution >= 0.6 is 11.3 Å². The van der Waals surface area contributed by atoms with E-state index < -0.39 is 0 Å². The zero-order valence-corrected chi connectivity index (χ0v) is 14.2. The molecule has 0 fully saturated rings. The summed E-state index contributed by atoms with van der Waals surface area (Å²) in [5, 5.41) is 2.93. The molecule has 0 aliphatic heterocycles. The first kappa shape index (κ1) is 16.5. The quantitative estimate of drug-likeness (QED) is 0.780. The van der Waals surface area contributed by atoms with Crippen LogP contribution in [0.2, 0.25) is 0 Å². The molecule has 1 heterocycles. The van der Waals surface area contributed by atoms with Crippen LogP contribution in [-0.2, 0) is 17.9 Å². The van der Waals surface area contributed by atoms with Gasteiger partial charge in [0.2, 0.25) is 5.91 Å². The second-order valence-electron chi connectivity index (χ2n) is 5.23. The summed E-state index contributed by atoms with van der Waals surface area (Å²) in [4.78, 5) is 17.9. The third-order valence-corrected chi connectivity index (χ3v) is 4.21. The van der Waals surface area contributed by atoms with Crippen molar-refractivity contribution in [3.05, 3.63) is 45.9 Å². The fourth-order valence-electron chi connectivity index (χ4n) is 2.16. The lowest BCUT2D eigenvalue weighted by Gasteiger charge is -2.18. The van der Waals surface area contributed by atoms with E-state index in [0.717, 1.165) is 35.0 Å². The van der Waals surface area contributed by atoms with Crippen molar-refractivity contribution in [1.29, 1.82) is 0 Å². The number of nitrogens with zero attached hydrogens (tertiary/aromatic N) is 2. The van der Waals surface area contributed by atoms with Crippen LogP contribution in [0.4, 0.5) is 0 Å². The molecule has 4 nitrogen and oxygen atoms in total. The van der Waals surface area contributed by atoms with Gasteiger partial charge < -0.3 is 9.64 Å². The van der Waals surface area contributed by atoms with Crippen molar-refractivity contribution >= 4 is 17.2 Å². The molecule has 118 valence electrons. The van der Waals surface area contributed by atoms with Crippen LogP contribution in [0, 0.1) is 6.92 Å². The predicted molar refractivity (Wildman–Crippen MR) is 89.0 cm³/mol. The third-order valence-electron chi connectivity index (χ3n) is 3.34. The van der Waals surface area contributed by atoms with E-state index in [1.54, 1.807) is 18.3 Å². The van der Waals surface area contributed by atoms with Gasteiger partial charge in [0.25, 0.3) is 0 Å². The van der Waals surface area contributed by atoms with Gasteiger partial charge in [-0.25, -0.2) is 4.98 Å². The van der Waals surface area contributed by atoms with Crippen LogP contribution in [-0.4, -0.2) is 22.3 Å². The Bertz CT molecular complexity index is 625. The molecule has 2 aromatic rings. The topological polar surface area (TPSA) is 42.4 Å². The number of aryl methyl sites for hydroxylation is 1. The van der Waals surface area contributed by atoms with E-state index in [1.165, 1.54) is 0 Å². The average molecular weight is 318 g/mol. The van der Waals surface area contributed by atoms with Gasteiger partial charge in [0, 0.05) is 18.8 Å². The molecule has 2 rings (SSSR count). The van der Waals surface area contributed by atoms with Gasteiger partial charge in [-0.2, -0.15) is 0 Å². The highest BCUT2D eigenvalue weighted by atomic mass is 32.1. The monoisotopic (exact) mass is 318 g/mol. The summed E-state index contributed by atoms with van der Waals surface area (Å²) in [7, 11) is 0. The van der Waals surface area contributed by atoms with Crippen LogP contribution in [0.5, 0.6) is 5.75 Å². The lowest BCUT2D eigenvalue weighted by Crippen LogP contribution is -2.29. The normalized spacial score (nSPS) is 10.5. The van der Waals surface area contributed by atoms with E-state index in [4.69, 9.17) is 4.74 Å². The number of amides is 1. The molecule has 5 heteroatoms. The number of rotatable bonds is 7. The molecule has 0 atom stereocenters. The average Bonchev–Trinajstić information content (AvgIpc) is 2.93. The van der Waals surface area contributed by atoms with Crippen LogP contribution < -0.4 is 4.74 Å². The molecule has 1 amide bonds. The summed E-state index contributed by atoms with van der Waals surface area (Å²) in [5.74, 6) is 0.975. The minimum atomic E-state index is 0.0903. The largest absolute Gasteiger partial charge is 0.486 e. The molecule has 1 aromatic heterocycles. The molecular weight excluding hydrogens is 296 g/mol. The summed E-state index contributed by atoms with van der Waals surface area (Å²) in [6.45, 7) is 7.50. The van der Waals surface area contributed by atoms with E-state index in [-0.39, 0.29) is 5.91 Å². The Labute approximate surface area is 135 Å². The van der Waals surface area contributed by atoms with Gasteiger partial charge in [0.15, 0.2) is 0 Å². The van der Waals surface area contributed by atoms with E-state index in [0.29, 0.717) is 13.2 Å². The number of benzene rings is 1. The first-order valence-corrected chi connectivity index (χ1v) is 8.35. The molecule has 0 radical (unpaired) electrons. The molecule has 1 aromatic carbocycles. The fraction of sp³-hybridized carbons (Fsp3) is 0.412. The van der Waals surface area contributed by atoms with Gasteiger partial charge in [0.05, 0.1) is 12.2 Å². The molecule has 0 aliphatic carbocycles. The first-order valence-electron chi connectivity index (χ1n) is 7.47. The Morgan fingerprint density at radius 3 is 2.82 bits per heavy atom. The summed E-state index contributed by atoms with van der Waals surface area (Å²) >= 11 is 1.57. The minimum absolute atomic E-state index is 0.0903. The van der Waals surface area contributed by atoms with Gasteiger partial charge in [-0.3, -0.25) is 4.79 Å². The van der Waals surface area contributed by atoms with E-state index >= 15 is 0 Å². The molecule has 22 heavy (non-hydrogen) atoms. The zero-order valence-electron chi connectivity index (χ0n) is 13.3. The molecule has 0 spiro atoms. The van der Waals surface area contributed by atoms with Crippen LogP contribution in [0.3, 0.4) is 0 Å². The van der Waals surface area contributed by atoms with Crippen LogP contribution in [0.15, 0.2) is 29.6 Å². The highest BCUT2D eigenvalue weighted by Crippen LogP contribution is 2.19. The number of aromatic nitrogens is 1. The van der Waals surface area contributed by atoms with E-state index in [9.17, 15) is 4.79 Å². The van der Waals surface area contributed by atoms with Crippen molar-refractivity contribution in [3.63, 3.8) is 0 Å². The van der Waals surface area contributed by atoms with Crippen molar-refractivity contribution in [2.75, 3.05) is 6.54 Å². The third kappa shape index (κ3) is 4.56. The Morgan fingerprint density at radius 1 is 1.36 bits per heavy atom. The number of hydrogen-bond acceptors (Lipinski definition) is 4. The van der Waals surface area contributed by atoms with Crippen molar-refractivity contribution < 1.29 is 9.53 Å². The first-order chi connectivity index (χ1) is 10.6. The highest BCUT2D eigenvalue weighted by molar-refractivity contribution is 7.09. The smallest absolute Gasteiger partial charge is 0.219 e. The summed E-state index contributed by atoms with van der Waals surface area (Å²) < 4.78 is 5.80. The zero-order chi connectivity index (χ0) is 15.9. The van der Waals surface area contributed by atoms with Gasteiger partial charge in [-0.05, 0) is 25.0 Å². The van der Waals surface area contributed by atoms with Crippen molar-refractivity contribution in [3.8, 4) is 5.75 Å². The number of carbonyl (C=O) groups is 1. The van der Waals surface area contributed by atoms with Crippen LogP contribution in [0.1, 0.15) is 36.5 Å². The number of ether oxygens (including phenoxy) is 1. The Kier molecular flexibility index (Phi) is 5.95. The van der Waals surface area contributed by atoms with Crippen LogP contribution in [0.25, 0.3) is 0 Å². The van der Waals surface area contributed by atoms with Gasteiger partial charge in [-0.1, -0.05) is 25.1 Å². The van der Waals surface area contributed by atoms with Gasteiger partial charge in [-0.15, -0.1) is 11.3 Å². The molecular formula is C17H22N2O2S. The summed E-state index contributed by atoms with van der Waals surface area (Å²) in [5.41, 5.74) is 2.04. The number of thiazole rings is 1. The number of hydrogen-bond donors (Lipinski definition) is 0. The maximum Gasteiger partial charge on any atom is 0.219 e. The molecule has 0 unspecified atom stereocenters. The lowest BCUT2D eigenvalue weighted by atomic mass is 10.2. The molecule has 0 aliphatic rings. The summed E-state index contributed by atoms with van der Waals surface area (Å²) in [6, 6.07) is 7.94. The molecule has 0 bridgehead atoms. The van der Waals surface area contributed by atoms with E-state index in [1.807, 2.05) is 41.5 Å². The number of carbonyl (C=O) groups excluding carboxylic acids is 1. The van der Waals surface area contributed by atoms with Gasteiger partial charge >= 0.3 is 0 Å². The van der Waals surface area contributed by atoms with Crippen molar-refractivity contribution in [1.82, 2.24) is 9.88 Å².